The molecule has 1 fully saturated rings. The van der Waals surface area contributed by atoms with Crippen molar-refractivity contribution >= 4 is 10.0 Å². The molecule has 112 valence electrons. The quantitative estimate of drug-likeness (QED) is 0.876. The molecule has 0 radical (unpaired) electrons. The first-order valence-electron chi connectivity index (χ1n) is 6.85. The molecular weight excluding hydrogens is 281 g/mol. The Kier molecular flexibility index (Phi) is 4.78. The lowest BCUT2D eigenvalue weighted by molar-refractivity contribution is 0.281. The molecule has 1 unspecified atom stereocenters. The highest BCUT2D eigenvalue weighted by Gasteiger charge is 2.27. The molecular formula is C14H20FNO3S. The van der Waals surface area contributed by atoms with Gasteiger partial charge in [-0.15, -0.1) is 0 Å². The van der Waals surface area contributed by atoms with E-state index >= 15 is 0 Å². The molecule has 1 aliphatic rings. The zero-order valence-corrected chi connectivity index (χ0v) is 12.3. The van der Waals surface area contributed by atoms with Crippen LogP contribution in [0.25, 0.3) is 0 Å². The van der Waals surface area contributed by atoms with E-state index in [0.29, 0.717) is 11.5 Å². The molecule has 4 nitrogen and oxygen atoms in total. The van der Waals surface area contributed by atoms with Gasteiger partial charge in [0.1, 0.15) is 10.7 Å². The molecule has 1 aromatic carbocycles. The van der Waals surface area contributed by atoms with E-state index in [0.717, 1.165) is 31.7 Å². The highest BCUT2D eigenvalue weighted by atomic mass is 32.2. The smallest absolute Gasteiger partial charge is 0.243 e. The van der Waals surface area contributed by atoms with Crippen molar-refractivity contribution in [3.05, 3.63) is 29.6 Å². The van der Waals surface area contributed by atoms with Crippen LogP contribution in [0.15, 0.2) is 23.1 Å². The van der Waals surface area contributed by atoms with Crippen molar-refractivity contribution in [2.75, 3.05) is 0 Å². The normalized spacial score (nSPS) is 18.4. The van der Waals surface area contributed by atoms with E-state index in [1.54, 1.807) is 0 Å². The fourth-order valence-electron chi connectivity index (χ4n) is 2.71. The van der Waals surface area contributed by atoms with Crippen LogP contribution in [0.2, 0.25) is 0 Å². The van der Waals surface area contributed by atoms with Gasteiger partial charge in [-0.2, -0.15) is 0 Å². The highest BCUT2D eigenvalue weighted by Crippen LogP contribution is 2.28. The molecule has 20 heavy (non-hydrogen) atoms. The Morgan fingerprint density at radius 3 is 2.65 bits per heavy atom. The summed E-state index contributed by atoms with van der Waals surface area (Å²) in [6.45, 7) is 1.50. The van der Waals surface area contributed by atoms with Crippen LogP contribution in [0.4, 0.5) is 4.39 Å². The minimum absolute atomic E-state index is 0.209. The van der Waals surface area contributed by atoms with E-state index in [1.165, 1.54) is 12.1 Å². The maximum Gasteiger partial charge on any atom is 0.243 e. The molecule has 0 heterocycles. The molecule has 0 bridgehead atoms. The van der Waals surface area contributed by atoms with Crippen LogP contribution in [0.3, 0.4) is 0 Å². The van der Waals surface area contributed by atoms with Crippen molar-refractivity contribution in [2.24, 2.45) is 5.92 Å². The zero-order valence-electron chi connectivity index (χ0n) is 11.5. The summed E-state index contributed by atoms with van der Waals surface area (Å²) in [6, 6.07) is 3.41. The van der Waals surface area contributed by atoms with Gasteiger partial charge in [-0.25, -0.2) is 17.5 Å². The fraction of sp³-hybridized carbons (Fsp3) is 0.571. The van der Waals surface area contributed by atoms with Crippen molar-refractivity contribution in [1.29, 1.82) is 0 Å². The maximum atomic E-state index is 13.7. The predicted molar refractivity (Wildman–Crippen MR) is 74.1 cm³/mol. The summed E-state index contributed by atoms with van der Waals surface area (Å²) in [5, 5.41) is 9.04. The first kappa shape index (κ1) is 15.4. The predicted octanol–water partition coefficient (Wildman–Crippen LogP) is 2.17. The maximum absolute atomic E-state index is 13.7. The molecule has 2 N–H and O–H groups in total. The Balaban J connectivity index is 2.21. The standard InChI is InChI=1S/C14H20FNO3S/c1-10(12-4-2-3-5-12)16-20(18,19)14-8-11(9-17)6-7-13(14)15/h6-8,10,12,16-17H,2-5,9H2,1H3. The van der Waals surface area contributed by atoms with Crippen LogP contribution in [0.1, 0.15) is 38.2 Å². The lowest BCUT2D eigenvalue weighted by Crippen LogP contribution is -2.37. The summed E-state index contributed by atoms with van der Waals surface area (Å²) in [6.07, 6.45) is 4.24. The Morgan fingerprint density at radius 1 is 1.40 bits per heavy atom. The molecule has 0 amide bonds. The summed E-state index contributed by atoms with van der Waals surface area (Å²) in [5.74, 6) is -0.484. The van der Waals surface area contributed by atoms with Crippen molar-refractivity contribution in [3.63, 3.8) is 0 Å². The zero-order chi connectivity index (χ0) is 14.8. The Bertz CT molecular complexity index is 568. The molecule has 0 saturated heterocycles. The monoisotopic (exact) mass is 301 g/mol. The second kappa shape index (κ2) is 6.20. The van der Waals surface area contributed by atoms with Crippen molar-refractivity contribution in [2.45, 2.75) is 50.2 Å². The number of aliphatic hydroxyl groups is 1. The lowest BCUT2D eigenvalue weighted by Gasteiger charge is -2.20. The van der Waals surface area contributed by atoms with Gasteiger partial charge in [-0.3, -0.25) is 0 Å². The average Bonchev–Trinajstić information content (AvgIpc) is 2.92. The molecule has 2 rings (SSSR count). The minimum atomic E-state index is -3.90. The van der Waals surface area contributed by atoms with Crippen LogP contribution in [0.5, 0.6) is 0 Å². The molecule has 0 spiro atoms. The van der Waals surface area contributed by atoms with E-state index < -0.39 is 20.7 Å². The first-order valence-corrected chi connectivity index (χ1v) is 8.34. The van der Waals surface area contributed by atoms with Gasteiger partial charge in [0.05, 0.1) is 6.61 Å². The minimum Gasteiger partial charge on any atom is -0.392 e. The van der Waals surface area contributed by atoms with Crippen molar-refractivity contribution in [1.82, 2.24) is 4.72 Å². The van der Waals surface area contributed by atoms with Gasteiger partial charge in [-0.05, 0) is 43.4 Å². The number of nitrogens with one attached hydrogen (secondary N) is 1. The summed E-state index contributed by atoms with van der Waals surface area (Å²) < 4.78 is 40.8. The van der Waals surface area contributed by atoms with Crippen LogP contribution < -0.4 is 4.72 Å². The van der Waals surface area contributed by atoms with E-state index in [-0.39, 0.29) is 12.6 Å². The topological polar surface area (TPSA) is 66.4 Å². The third-order valence-electron chi connectivity index (χ3n) is 3.92. The molecule has 0 aromatic heterocycles. The second-order valence-corrected chi connectivity index (χ2v) is 7.06. The second-order valence-electron chi connectivity index (χ2n) is 5.38. The van der Waals surface area contributed by atoms with E-state index in [1.807, 2.05) is 6.92 Å². The Morgan fingerprint density at radius 2 is 2.05 bits per heavy atom. The van der Waals surface area contributed by atoms with Gasteiger partial charge in [0.15, 0.2) is 0 Å². The average molecular weight is 301 g/mol. The number of sulfonamides is 1. The summed E-state index contributed by atoms with van der Waals surface area (Å²) >= 11 is 0. The van der Waals surface area contributed by atoms with Crippen LogP contribution in [-0.2, 0) is 16.6 Å². The molecule has 1 atom stereocenters. The van der Waals surface area contributed by atoms with Crippen LogP contribution >= 0.6 is 0 Å². The van der Waals surface area contributed by atoms with E-state index in [9.17, 15) is 12.8 Å². The third-order valence-corrected chi connectivity index (χ3v) is 5.49. The number of benzene rings is 1. The summed E-state index contributed by atoms with van der Waals surface area (Å²) in [5.41, 5.74) is 0.375. The fourth-order valence-corrected chi connectivity index (χ4v) is 4.15. The van der Waals surface area contributed by atoms with Gasteiger partial charge in [0.2, 0.25) is 10.0 Å². The lowest BCUT2D eigenvalue weighted by atomic mass is 10.0. The van der Waals surface area contributed by atoms with E-state index in [2.05, 4.69) is 4.72 Å². The molecule has 1 aromatic rings. The largest absolute Gasteiger partial charge is 0.392 e. The molecule has 6 heteroatoms. The number of hydrogen-bond donors (Lipinski definition) is 2. The van der Waals surface area contributed by atoms with Gasteiger partial charge in [0.25, 0.3) is 0 Å². The van der Waals surface area contributed by atoms with Crippen molar-refractivity contribution < 1.29 is 17.9 Å². The Labute approximate surface area is 119 Å². The van der Waals surface area contributed by atoms with Gasteiger partial charge in [-0.1, -0.05) is 18.9 Å². The number of hydrogen-bond acceptors (Lipinski definition) is 3. The number of rotatable bonds is 5. The van der Waals surface area contributed by atoms with Crippen LogP contribution in [-0.4, -0.2) is 19.6 Å². The number of aliphatic hydroxyl groups excluding tert-OH is 1. The van der Waals surface area contributed by atoms with Gasteiger partial charge in [0, 0.05) is 6.04 Å². The SMILES string of the molecule is CC(NS(=O)(=O)c1cc(CO)ccc1F)C1CCCC1. The molecule has 1 aliphatic carbocycles. The van der Waals surface area contributed by atoms with Gasteiger partial charge < -0.3 is 5.11 Å². The molecule has 0 aliphatic heterocycles. The molecule has 1 saturated carbocycles. The summed E-state index contributed by atoms with van der Waals surface area (Å²) in [4.78, 5) is -0.395. The highest BCUT2D eigenvalue weighted by molar-refractivity contribution is 7.89. The van der Waals surface area contributed by atoms with Gasteiger partial charge >= 0.3 is 0 Å². The first-order chi connectivity index (χ1) is 9.44. The number of halogens is 1. The van der Waals surface area contributed by atoms with Crippen LogP contribution in [0, 0.1) is 11.7 Å². The third kappa shape index (κ3) is 3.37. The van der Waals surface area contributed by atoms with E-state index in [4.69, 9.17) is 5.11 Å². The summed E-state index contributed by atoms with van der Waals surface area (Å²) in [7, 11) is -3.90. The van der Waals surface area contributed by atoms with Crippen molar-refractivity contribution in [3.8, 4) is 0 Å². The Hall–Kier alpha value is -0.980.